The van der Waals surface area contributed by atoms with Gasteiger partial charge in [0, 0.05) is 24.7 Å². The van der Waals surface area contributed by atoms with Gasteiger partial charge in [-0.2, -0.15) is 0 Å². The van der Waals surface area contributed by atoms with Crippen LogP contribution in [0.25, 0.3) is 0 Å². The second-order valence-corrected chi connectivity index (χ2v) is 7.68. The van der Waals surface area contributed by atoms with E-state index >= 15 is 0 Å². The predicted molar refractivity (Wildman–Crippen MR) is 115 cm³/mol. The van der Waals surface area contributed by atoms with Crippen molar-refractivity contribution in [2.24, 2.45) is 0 Å². The van der Waals surface area contributed by atoms with Gasteiger partial charge in [0.05, 0.1) is 11.6 Å². The van der Waals surface area contributed by atoms with Gasteiger partial charge in [-0.1, -0.05) is 36.7 Å². The molecule has 6 heteroatoms. The number of hydrogen-bond donors (Lipinski definition) is 1. The van der Waals surface area contributed by atoms with Crippen LogP contribution in [-0.2, 0) is 13.2 Å². The molecule has 0 amide bonds. The Kier molecular flexibility index (Phi) is 8.16. The van der Waals surface area contributed by atoms with Gasteiger partial charge in [-0.25, -0.2) is 4.39 Å². The first-order chi connectivity index (χ1) is 14.1. The van der Waals surface area contributed by atoms with Crippen molar-refractivity contribution in [2.75, 3.05) is 26.2 Å². The Hall–Kier alpha value is -1.82. The summed E-state index contributed by atoms with van der Waals surface area (Å²) in [6, 6.07) is 11.0. The van der Waals surface area contributed by atoms with Crippen LogP contribution in [0.5, 0.6) is 11.5 Å². The summed E-state index contributed by atoms with van der Waals surface area (Å²) in [7, 11) is 0. The zero-order valence-corrected chi connectivity index (χ0v) is 18.0. The lowest BCUT2D eigenvalue weighted by molar-refractivity contribution is 0.259. The van der Waals surface area contributed by atoms with Gasteiger partial charge in [-0.15, -0.1) is 0 Å². The van der Waals surface area contributed by atoms with Crippen LogP contribution in [0.2, 0.25) is 5.02 Å². The highest BCUT2D eigenvalue weighted by Crippen LogP contribution is 2.37. The van der Waals surface area contributed by atoms with E-state index in [-0.39, 0.29) is 12.4 Å². The third-order valence-corrected chi connectivity index (χ3v) is 5.59. The van der Waals surface area contributed by atoms with Gasteiger partial charge in [0.1, 0.15) is 12.4 Å². The Morgan fingerprint density at radius 3 is 2.79 bits per heavy atom. The van der Waals surface area contributed by atoms with Crippen molar-refractivity contribution in [1.29, 1.82) is 0 Å². The molecule has 1 fully saturated rings. The highest BCUT2D eigenvalue weighted by molar-refractivity contribution is 6.32. The Balaban J connectivity index is 1.65. The molecule has 2 aromatic carbocycles. The highest BCUT2D eigenvalue weighted by atomic mass is 35.5. The van der Waals surface area contributed by atoms with E-state index in [1.54, 1.807) is 18.2 Å². The van der Waals surface area contributed by atoms with Crippen LogP contribution in [0.1, 0.15) is 37.8 Å². The van der Waals surface area contributed by atoms with Gasteiger partial charge >= 0.3 is 0 Å². The van der Waals surface area contributed by atoms with Gasteiger partial charge in [-0.3, -0.25) is 4.90 Å². The highest BCUT2D eigenvalue weighted by Gasteiger charge is 2.22. The van der Waals surface area contributed by atoms with E-state index in [1.165, 1.54) is 25.5 Å². The smallest absolute Gasteiger partial charge is 0.180 e. The largest absolute Gasteiger partial charge is 0.490 e. The Bertz CT molecular complexity index is 802. The van der Waals surface area contributed by atoms with Crippen molar-refractivity contribution < 1.29 is 13.9 Å². The molecule has 4 nitrogen and oxygen atoms in total. The lowest BCUT2D eigenvalue weighted by Crippen LogP contribution is -2.37. The van der Waals surface area contributed by atoms with E-state index in [0.29, 0.717) is 41.3 Å². The molecule has 0 radical (unpaired) electrons. The number of nitrogens with zero attached hydrogens (tertiary/aromatic N) is 1. The summed E-state index contributed by atoms with van der Waals surface area (Å²) in [5.41, 5.74) is 1.52. The number of ether oxygens (including phenoxy) is 2. The van der Waals surface area contributed by atoms with Crippen molar-refractivity contribution in [1.82, 2.24) is 10.2 Å². The third kappa shape index (κ3) is 5.84. The molecule has 3 rings (SSSR count). The molecule has 2 aromatic rings. The van der Waals surface area contributed by atoms with Crippen LogP contribution in [0.3, 0.4) is 0 Å². The fourth-order valence-electron chi connectivity index (χ4n) is 3.82. The maximum atomic E-state index is 13.9. The molecule has 0 saturated carbocycles. The van der Waals surface area contributed by atoms with Crippen molar-refractivity contribution in [3.63, 3.8) is 0 Å². The van der Waals surface area contributed by atoms with Crippen LogP contribution in [0, 0.1) is 5.82 Å². The van der Waals surface area contributed by atoms with E-state index < -0.39 is 0 Å². The number of halogens is 2. The minimum absolute atomic E-state index is 0.0958. The number of benzene rings is 2. The lowest BCUT2D eigenvalue weighted by Gasteiger charge is -2.23. The topological polar surface area (TPSA) is 33.7 Å². The van der Waals surface area contributed by atoms with Crippen LogP contribution in [-0.4, -0.2) is 37.2 Å². The van der Waals surface area contributed by atoms with Gasteiger partial charge in [0.25, 0.3) is 0 Å². The van der Waals surface area contributed by atoms with E-state index in [1.807, 2.05) is 19.1 Å². The summed E-state index contributed by atoms with van der Waals surface area (Å²) < 4.78 is 25.5. The third-order valence-electron chi connectivity index (χ3n) is 5.31. The van der Waals surface area contributed by atoms with Crippen LogP contribution >= 0.6 is 11.6 Å². The normalized spacial score (nSPS) is 16.9. The number of likely N-dealkylation sites (N-methyl/N-ethyl adjacent to an activating group) is 1. The van der Waals surface area contributed by atoms with Gasteiger partial charge in [0.15, 0.2) is 11.5 Å². The minimum atomic E-state index is -0.296. The molecular formula is C23H30ClFN2O2. The number of hydrogen-bond acceptors (Lipinski definition) is 4. The van der Waals surface area contributed by atoms with Gasteiger partial charge < -0.3 is 14.8 Å². The molecule has 158 valence electrons. The summed E-state index contributed by atoms with van der Waals surface area (Å²) in [5, 5.41) is 4.02. The lowest BCUT2D eigenvalue weighted by atomic mass is 10.1. The van der Waals surface area contributed by atoms with Crippen molar-refractivity contribution in [3.05, 3.63) is 58.4 Å². The molecule has 0 aliphatic carbocycles. The number of rotatable bonds is 10. The van der Waals surface area contributed by atoms with Crippen LogP contribution in [0.15, 0.2) is 36.4 Å². The second-order valence-electron chi connectivity index (χ2n) is 7.27. The van der Waals surface area contributed by atoms with Crippen LogP contribution in [0.4, 0.5) is 4.39 Å². The van der Waals surface area contributed by atoms with Crippen molar-refractivity contribution in [3.8, 4) is 11.5 Å². The first-order valence-corrected chi connectivity index (χ1v) is 10.8. The van der Waals surface area contributed by atoms with Crippen LogP contribution < -0.4 is 14.8 Å². The van der Waals surface area contributed by atoms with E-state index in [2.05, 4.69) is 17.1 Å². The molecule has 0 spiro atoms. The molecule has 1 aliphatic heterocycles. The molecular weight excluding hydrogens is 391 g/mol. The standard InChI is InChI=1S/C23H30ClFN2O2/c1-3-27-11-7-9-19(27)15-26-14-17-12-20(24)23(22(13-17)28-4-2)29-16-18-8-5-6-10-21(18)25/h5-6,8,10,12-13,19,26H,3-4,7,9,11,14-16H2,1-2H3. The average Bonchev–Trinajstić information content (AvgIpc) is 3.16. The first kappa shape index (κ1) is 21.9. The molecule has 29 heavy (non-hydrogen) atoms. The molecule has 1 N–H and O–H groups in total. The summed E-state index contributed by atoms with van der Waals surface area (Å²) in [5.74, 6) is 0.744. The van der Waals surface area contributed by atoms with Gasteiger partial charge in [0.2, 0.25) is 0 Å². The Labute approximate surface area is 178 Å². The molecule has 1 aliphatic rings. The zero-order chi connectivity index (χ0) is 20.6. The second kappa shape index (κ2) is 10.8. The maximum Gasteiger partial charge on any atom is 0.180 e. The monoisotopic (exact) mass is 420 g/mol. The molecule has 0 aromatic heterocycles. The fourth-order valence-corrected chi connectivity index (χ4v) is 4.11. The predicted octanol–water partition coefficient (Wildman–Crippen LogP) is 5.03. The summed E-state index contributed by atoms with van der Waals surface area (Å²) in [6.07, 6.45) is 2.52. The number of likely N-dealkylation sites (tertiary alicyclic amines) is 1. The van der Waals surface area contributed by atoms with E-state index in [0.717, 1.165) is 18.7 Å². The first-order valence-electron chi connectivity index (χ1n) is 10.4. The SMILES string of the molecule is CCOc1cc(CNCC2CCCN2CC)cc(Cl)c1OCc1ccccc1F. The average molecular weight is 421 g/mol. The molecule has 0 bridgehead atoms. The Morgan fingerprint density at radius 1 is 1.21 bits per heavy atom. The van der Waals surface area contributed by atoms with Gasteiger partial charge in [-0.05, 0) is 56.6 Å². The Morgan fingerprint density at radius 2 is 2.03 bits per heavy atom. The van der Waals surface area contributed by atoms with Crippen molar-refractivity contribution in [2.45, 2.75) is 45.9 Å². The molecule has 1 heterocycles. The quantitative estimate of drug-likeness (QED) is 0.584. The molecule has 1 saturated heterocycles. The maximum absolute atomic E-state index is 13.9. The molecule has 1 atom stereocenters. The van der Waals surface area contributed by atoms with E-state index in [4.69, 9.17) is 21.1 Å². The zero-order valence-electron chi connectivity index (χ0n) is 17.2. The summed E-state index contributed by atoms with van der Waals surface area (Å²) in [4.78, 5) is 2.52. The summed E-state index contributed by atoms with van der Waals surface area (Å²) in [6.45, 7) is 8.68. The minimum Gasteiger partial charge on any atom is -0.490 e. The molecule has 1 unspecified atom stereocenters. The summed E-state index contributed by atoms with van der Waals surface area (Å²) >= 11 is 6.49. The van der Waals surface area contributed by atoms with E-state index in [9.17, 15) is 4.39 Å². The number of nitrogens with one attached hydrogen (secondary N) is 1. The fraction of sp³-hybridized carbons (Fsp3) is 0.478. The van der Waals surface area contributed by atoms with Crippen molar-refractivity contribution >= 4 is 11.6 Å².